The van der Waals surface area contributed by atoms with Gasteiger partial charge in [-0.25, -0.2) is 0 Å². The van der Waals surface area contributed by atoms with E-state index in [2.05, 4.69) is 5.16 Å². The minimum Gasteiger partial charge on any atom is -0.487 e. The molecule has 132 valence electrons. The van der Waals surface area contributed by atoms with E-state index in [9.17, 15) is 0 Å². The van der Waals surface area contributed by atoms with Gasteiger partial charge in [0, 0.05) is 16.1 Å². The molecule has 3 aromatic carbocycles. The summed E-state index contributed by atoms with van der Waals surface area (Å²) in [5.41, 5.74) is 3.51. The molecule has 0 fully saturated rings. The molecule has 0 aliphatic heterocycles. The molecule has 0 radical (unpaired) electrons. The largest absolute Gasteiger partial charge is 0.487 e. The highest BCUT2D eigenvalue weighted by molar-refractivity contribution is 6.32. The lowest BCUT2D eigenvalue weighted by molar-refractivity contribution is 0.214. The third-order valence-corrected chi connectivity index (χ3v) is 4.36. The van der Waals surface area contributed by atoms with Crippen molar-refractivity contribution in [3.63, 3.8) is 0 Å². The normalized spacial score (nSPS) is 11.3. The van der Waals surface area contributed by atoms with Crippen LogP contribution in [0.2, 0.25) is 10.0 Å². The monoisotopic (exact) mass is 385 g/mol. The smallest absolute Gasteiger partial charge is 0.138 e. The first-order valence-electron chi connectivity index (χ1n) is 8.01. The molecule has 0 saturated heterocycles. The van der Waals surface area contributed by atoms with Crippen LogP contribution < -0.4 is 4.74 Å². The second kappa shape index (κ2) is 8.75. The van der Waals surface area contributed by atoms with Gasteiger partial charge in [0.2, 0.25) is 0 Å². The first kappa shape index (κ1) is 18.3. The summed E-state index contributed by atoms with van der Waals surface area (Å²) in [6, 6.07) is 22.8. The van der Waals surface area contributed by atoms with Crippen molar-refractivity contribution in [1.29, 1.82) is 0 Å². The van der Waals surface area contributed by atoms with Crippen LogP contribution in [0, 0.1) is 0 Å². The Labute approximate surface area is 162 Å². The molecule has 0 saturated carbocycles. The number of nitrogens with zero attached hydrogens (tertiary/aromatic N) is 1. The van der Waals surface area contributed by atoms with Crippen LogP contribution in [0.4, 0.5) is 0 Å². The van der Waals surface area contributed by atoms with Crippen LogP contribution in [-0.2, 0) is 11.4 Å². The molecule has 0 heterocycles. The summed E-state index contributed by atoms with van der Waals surface area (Å²) in [6.07, 6.45) is 0. The standard InChI is InChI=1S/C21H17Cl2NO2/c1-25-24-21(15-10-12-17(22)13-11-15)18-7-3-2-6-16(18)14-26-20-9-5-4-8-19(20)23/h2-13H,14H2,1H3/b24-21-. The van der Waals surface area contributed by atoms with Gasteiger partial charge in [-0.05, 0) is 29.8 Å². The molecule has 3 nitrogen and oxygen atoms in total. The maximum absolute atomic E-state index is 6.17. The van der Waals surface area contributed by atoms with Gasteiger partial charge in [-0.2, -0.15) is 0 Å². The van der Waals surface area contributed by atoms with Crippen molar-refractivity contribution >= 4 is 28.9 Å². The van der Waals surface area contributed by atoms with Gasteiger partial charge in [0.15, 0.2) is 0 Å². The summed E-state index contributed by atoms with van der Waals surface area (Å²) in [4.78, 5) is 5.07. The fraction of sp³-hybridized carbons (Fsp3) is 0.0952. The number of halogens is 2. The Morgan fingerprint density at radius 2 is 1.58 bits per heavy atom. The number of hydrogen-bond donors (Lipinski definition) is 0. The molecule has 3 aromatic rings. The SMILES string of the molecule is CO/N=C(/c1ccc(Cl)cc1)c1ccccc1COc1ccccc1Cl. The molecule has 0 atom stereocenters. The average Bonchev–Trinajstić information content (AvgIpc) is 2.67. The summed E-state index contributed by atoms with van der Waals surface area (Å²) in [6.45, 7) is 0.357. The number of hydrogen-bond acceptors (Lipinski definition) is 3. The summed E-state index contributed by atoms with van der Waals surface area (Å²) in [5, 5.41) is 5.46. The predicted molar refractivity (Wildman–Crippen MR) is 106 cm³/mol. The summed E-state index contributed by atoms with van der Waals surface area (Å²) in [5.74, 6) is 0.640. The molecule has 3 rings (SSSR count). The van der Waals surface area contributed by atoms with Gasteiger partial charge in [-0.15, -0.1) is 0 Å². The zero-order valence-corrected chi connectivity index (χ0v) is 15.7. The topological polar surface area (TPSA) is 30.8 Å². The van der Waals surface area contributed by atoms with Crippen LogP contribution in [-0.4, -0.2) is 12.8 Å². The Balaban J connectivity index is 1.93. The molecule has 0 N–H and O–H groups in total. The van der Waals surface area contributed by atoms with E-state index < -0.39 is 0 Å². The maximum Gasteiger partial charge on any atom is 0.138 e. The maximum atomic E-state index is 6.17. The van der Waals surface area contributed by atoms with E-state index >= 15 is 0 Å². The third-order valence-electron chi connectivity index (χ3n) is 3.79. The minimum atomic E-state index is 0.357. The number of ether oxygens (including phenoxy) is 1. The Kier molecular flexibility index (Phi) is 6.16. The quantitative estimate of drug-likeness (QED) is 0.386. The first-order valence-corrected chi connectivity index (χ1v) is 8.77. The van der Waals surface area contributed by atoms with Crippen molar-refractivity contribution in [1.82, 2.24) is 0 Å². The van der Waals surface area contributed by atoms with Crippen LogP contribution in [0.25, 0.3) is 0 Å². The van der Waals surface area contributed by atoms with E-state index in [4.69, 9.17) is 32.8 Å². The number of oxime groups is 1. The van der Waals surface area contributed by atoms with Gasteiger partial charge in [0.1, 0.15) is 25.2 Å². The van der Waals surface area contributed by atoms with Gasteiger partial charge in [0.05, 0.1) is 5.02 Å². The second-order valence-corrected chi connectivity index (χ2v) is 6.35. The third kappa shape index (κ3) is 4.37. The molecule has 0 unspecified atom stereocenters. The highest BCUT2D eigenvalue weighted by Gasteiger charge is 2.13. The van der Waals surface area contributed by atoms with Crippen LogP contribution in [0.5, 0.6) is 5.75 Å². The lowest BCUT2D eigenvalue weighted by atomic mass is 9.98. The second-order valence-electron chi connectivity index (χ2n) is 5.51. The molecule has 0 aromatic heterocycles. The molecule has 5 heteroatoms. The van der Waals surface area contributed by atoms with Crippen molar-refractivity contribution in [2.24, 2.45) is 5.16 Å². The van der Waals surface area contributed by atoms with E-state index in [1.165, 1.54) is 7.11 Å². The van der Waals surface area contributed by atoms with Crippen LogP contribution in [0.15, 0.2) is 78.0 Å². The van der Waals surface area contributed by atoms with Crippen molar-refractivity contribution in [3.8, 4) is 5.75 Å². The number of benzene rings is 3. The lowest BCUT2D eigenvalue weighted by Crippen LogP contribution is -2.09. The lowest BCUT2D eigenvalue weighted by Gasteiger charge is -2.13. The fourth-order valence-electron chi connectivity index (χ4n) is 2.55. The van der Waals surface area contributed by atoms with Gasteiger partial charge in [-0.3, -0.25) is 0 Å². The average molecular weight is 386 g/mol. The number of para-hydroxylation sites is 1. The van der Waals surface area contributed by atoms with Gasteiger partial charge in [0.25, 0.3) is 0 Å². The summed E-state index contributed by atoms with van der Waals surface area (Å²) in [7, 11) is 1.53. The Bertz CT molecular complexity index is 908. The van der Waals surface area contributed by atoms with Crippen molar-refractivity contribution in [3.05, 3.63) is 99.5 Å². The van der Waals surface area contributed by atoms with E-state index in [-0.39, 0.29) is 0 Å². The molecule has 0 aliphatic carbocycles. The van der Waals surface area contributed by atoms with Crippen molar-refractivity contribution in [2.75, 3.05) is 7.11 Å². The van der Waals surface area contributed by atoms with Gasteiger partial charge >= 0.3 is 0 Å². The predicted octanol–water partition coefficient (Wildman–Crippen LogP) is 5.97. The molecule has 0 amide bonds. The zero-order chi connectivity index (χ0) is 18.4. The zero-order valence-electron chi connectivity index (χ0n) is 14.2. The van der Waals surface area contributed by atoms with Crippen LogP contribution in [0.3, 0.4) is 0 Å². The van der Waals surface area contributed by atoms with Crippen molar-refractivity contribution < 1.29 is 9.57 Å². The summed E-state index contributed by atoms with van der Waals surface area (Å²) < 4.78 is 5.90. The van der Waals surface area contributed by atoms with E-state index in [1.54, 1.807) is 6.07 Å². The highest BCUT2D eigenvalue weighted by atomic mass is 35.5. The van der Waals surface area contributed by atoms with E-state index in [0.29, 0.717) is 28.1 Å². The molecular weight excluding hydrogens is 369 g/mol. The highest BCUT2D eigenvalue weighted by Crippen LogP contribution is 2.25. The fourth-order valence-corrected chi connectivity index (χ4v) is 2.87. The van der Waals surface area contributed by atoms with E-state index in [0.717, 1.165) is 16.7 Å². The first-order chi connectivity index (χ1) is 12.7. The molecule has 26 heavy (non-hydrogen) atoms. The van der Waals surface area contributed by atoms with Gasteiger partial charge in [-0.1, -0.05) is 76.9 Å². The van der Waals surface area contributed by atoms with Crippen molar-refractivity contribution in [2.45, 2.75) is 6.61 Å². The molecule has 0 spiro atoms. The molecule has 0 bridgehead atoms. The van der Waals surface area contributed by atoms with Crippen LogP contribution in [0.1, 0.15) is 16.7 Å². The number of rotatable bonds is 6. The summed E-state index contributed by atoms with van der Waals surface area (Å²) >= 11 is 12.2. The van der Waals surface area contributed by atoms with Gasteiger partial charge < -0.3 is 9.57 Å². The molecule has 0 aliphatic rings. The molecular formula is C21H17Cl2NO2. The Morgan fingerprint density at radius 3 is 2.31 bits per heavy atom. The minimum absolute atomic E-state index is 0.357. The van der Waals surface area contributed by atoms with E-state index in [1.807, 2.05) is 66.7 Å². The Hall–Kier alpha value is -2.49. The van der Waals surface area contributed by atoms with Crippen LogP contribution >= 0.6 is 23.2 Å². The Morgan fingerprint density at radius 1 is 0.885 bits per heavy atom.